The summed E-state index contributed by atoms with van der Waals surface area (Å²) >= 11 is 5.86. The summed E-state index contributed by atoms with van der Waals surface area (Å²) in [7, 11) is 0. The van der Waals surface area contributed by atoms with Gasteiger partial charge in [0.25, 0.3) is 11.6 Å². The minimum absolute atomic E-state index is 0.203. The number of ether oxygens (including phenoxy) is 2. The van der Waals surface area contributed by atoms with E-state index in [0.29, 0.717) is 6.07 Å². The molecule has 2 aromatic rings. The average molecular weight is 447 g/mol. The number of alkyl halides is 3. The zero-order valence-corrected chi connectivity index (χ0v) is 16.0. The number of hydrogen-bond acceptors (Lipinski definition) is 6. The average Bonchev–Trinajstić information content (AvgIpc) is 2.66. The van der Waals surface area contributed by atoms with Gasteiger partial charge in [0.2, 0.25) is 0 Å². The maximum absolute atomic E-state index is 13.2. The molecular formula is C18H14ClF3N2O6. The summed E-state index contributed by atoms with van der Waals surface area (Å²) in [5, 5.41) is 12.9. The first-order valence-corrected chi connectivity index (χ1v) is 8.60. The molecule has 0 heterocycles. The van der Waals surface area contributed by atoms with Gasteiger partial charge in [-0.15, -0.1) is 0 Å². The Balaban J connectivity index is 2.02. The molecule has 0 aliphatic rings. The molecule has 8 nitrogen and oxygen atoms in total. The number of nitrogens with one attached hydrogen (secondary N) is 1. The van der Waals surface area contributed by atoms with Gasteiger partial charge >= 0.3 is 12.1 Å². The number of benzene rings is 2. The first-order chi connectivity index (χ1) is 14.0. The van der Waals surface area contributed by atoms with Crippen LogP contribution >= 0.6 is 11.6 Å². The summed E-state index contributed by atoms with van der Waals surface area (Å²) in [4.78, 5) is 33.6. The number of non-ortho nitro benzene ring substituents is 1. The van der Waals surface area contributed by atoms with Crippen molar-refractivity contribution in [3.8, 4) is 5.75 Å². The maximum Gasteiger partial charge on any atom is 0.418 e. The Labute approximate surface area is 172 Å². The van der Waals surface area contributed by atoms with Crippen molar-refractivity contribution >= 4 is 34.9 Å². The van der Waals surface area contributed by atoms with Gasteiger partial charge in [-0.1, -0.05) is 23.7 Å². The number of nitrogens with zero attached hydrogens (tertiary/aromatic N) is 1. The molecule has 0 spiro atoms. The lowest BCUT2D eigenvalue weighted by molar-refractivity contribution is -0.385. The third-order valence-electron chi connectivity index (χ3n) is 3.64. The molecule has 1 unspecified atom stereocenters. The molecule has 0 bridgehead atoms. The van der Waals surface area contributed by atoms with Crippen molar-refractivity contribution in [3.63, 3.8) is 0 Å². The fourth-order valence-corrected chi connectivity index (χ4v) is 2.40. The Morgan fingerprint density at radius 1 is 1.23 bits per heavy atom. The number of carbonyl (C=O) groups excluding carboxylic acids is 2. The van der Waals surface area contributed by atoms with Gasteiger partial charge in [0.05, 0.1) is 21.2 Å². The lowest BCUT2D eigenvalue weighted by Crippen LogP contribution is -2.32. The molecule has 0 radical (unpaired) electrons. The first kappa shape index (κ1) is 22.9. The van der Waals surface area contributed by atoms with E-state index < -0.39 is 52.6 Å². The van der Waals surface area contributed by atoms with E-state index in [-0.39, 0.29) is 10.8 Å². The number of rotatable bonds is 7. The van der Waals surface area contributed by atoms with Crippen molar-refractivity contribution in [2.45, 2.75) is 19.2 Å². The van der Waals surface area contributed by atoms with Crippen LogP contribution in [0.2, 0.25) is 5.02 Å². The highest BCUT2D eigenvalue weighted by atomic mass is 35.5. The van der Waals surface area contributed by atoms with E-state index in [0.717, 1.165) is 19.1 Å². The molecule has 2 rings (SSSR count). The lowest BCUT2D eigenvalue weighted by Gasteiger charge is -2.17. The van der Waals surface area contributed by atoms with Crippen LogP contribution in [0.3, 0.4) is 0 Å². The van der Waals surface area contributed by atoms with Crippen molar-refractivity contribution in [1.29, 1.82) is 0 Å². The molecule has 12 heteroatoms. The normalized spacial score (nSPS) is 12.0. The van der Waals surface area contributed by atoms with Crippen molar-refractivity contribution in [2.24, 2.45) is 0 Å². The van der Waals surface area contributed by atoms with E-state index in [9.17, 15) is 32.9 Å². The van der Waals surface area contributed by atoms with Crippen LogP contribution in [0.5, 0.6) is 5.75 Å². The zero-order valence-electron chi connectivity index (χ0n) is 15.2. The summed E-state index contributed by atoms with van der Waals surface area (Å²) in [6.45, 7) is 0.550. The Bertz CT molecular complexity index is 967. The molecule has 0 aliphatic carbocycles. The first-order valence-electron chi connectivity index (χ1n) is 8.22. The highest BCUT2D eigenvalue weighted by molar-refractivity contribution is 6.32. The molecule has 0 aromatic heterocycles. The van der Waals surface area contributed by atoms with Crippen molar-refractivity contribution < 1.29 is 37.2 Å². The van der Waals surface area contributed by atoms with Crippen LogP contribution < -0.4 is 10.1 Å². The summed E-state index contributed by atoms with van der Waals surface area (Å²) in [6, 6.07) is 8.13. The third-order valence-corrected chi connectivity index (χ3v) is 3.95. The van der Waals surface area contributed by atoms with Crippen LogP contribution in [-0.4, -0.2) is 29.5 Å². The number of hydrogen-bond donors (Lipinski definition) is 1. The van der Waals surface area contributed by atoms with Crippen molar-refractivity contribution in [3.05, 3.63) is 63.2 Å². The number of esters is 1. The summed E-state index contributed by atoms with van der Waals surface area (Å²) in [5.41, 5.74) is -2.92. The molecule has 0 fully saturated rings. The molecule has 0 saturated carbocycles. The Hall–Kier alpha value is -3.34. The van der Waals surface area contributed by atoms with Crippen LogP contribution in [0.4, 0.5) is 24.5 Å². The van der Waals surface area contributed by atoms with Crippen LogP contribution in [0.25, 0.3) is 0 Å². The predicted octanol–water partition coefficient (Wildman–Crippen LogP) is 4.22. The fraction of sp³-hybridized carbons (Fsp3) is 0.222. The zero-order chi connectivity index (χ0) is 22.5. The largest absolute Gasteiger partial charge is 0.480 e. The van der Waals surface area contributed by atoms with Crippen molar-refractivity contribution in [2.75, 3.05) is 11.9 Å². The van der Waals surface area contributed by atoms with Crippen LogP contribution in [0.15, 0.2) is 42.5 Å². The number of nitro benzene ring substituents is 1. The minimum atomic E-state index is -4.96. The van der Waals surface area contributed by atoms with Gasteiger partial charge in [0.1, 0.15) is 5.75 Å². The van der Waals surface area contributed by atoms with E-state index >= 15 is 0 Å². The lowest BCUT2D eigenvalue weighted by atomic mass is 10.1. The molecule has 0 aliphatic heterocycles. The van der Waals surface area contributed by atoms with Crippen LogP contribution in [0.1, 0.15) is 12.5 Å². The fourth-order valence-electron chi connectivity index (χ4n) is 2.21. The number of amides is 1. The smallest absolute Gasteiger partial charge is 0.418 e. The standard InChI is InChI=1S/C18H14ClF3N2O6/c1-10(30-16(25)9-29-15-5-3-2-4-13(15)19)17(26)23-14-7-6-11(24(27)28)8-12(14)18(20,21)22/h2-8,10H,9H2,1H3,(H,23,26). The van der Waals surface area contributed by atoms with Crippen LogP contribution in [-0.2, 0) is 20.5 Å². The molecule has 1 atom stereocenters. The number of para-hydroxylation sites is 1. The number of carbonyl (C=O) groups is 2. The summed E-state index contributed by atoms with van der Waals surface area (Å²) < 4.78 is 49.5. The van der Waals surface area contributed by atoms with Crippen LogP contribution in [0, 0.1) is 10.1 Å². The molecule has 0 saturated heterocycles. The SMILES string of the molecule is CC(OC(=O)COc1ccccc1Cl)C(=O)Nc1ccc([N+](=O)[O-])cc1C(F)(F)F. The molecule has 1 N–H and O–H groups in total. The second kappa shape index (κ2) is 9.44. The van der Waals surface area contributed by atoms with Gasteiger partial charge in [0, 0.05) is 12.1 Å². The van der Waals surface area contributed by atoms with E-state index in [4.69, 9.17) is 21.1 Å². The van der Waals surface area contributed by atoms with Crippen molar-refractivity contribution in [1.82, 2.24) is 0 Å². The number of nitro groups is 1. The van der Waals surface area contributed by atoms with Gasteiger partial charge in [-0.3, -0.25) is 14.9 Å². The molecule has 30 heavy (non-hydrogen) atoms. The molecule has 160 valence electrons. The number of halogens is 4. The maximum atomic E-state index is 13.2. The van der Waals surface area contributed by atoms with E-state index in [2.05, 4.69) is 0 Å². The Morgan fingerprint density at radius 3 is 2.50 bits per heavy atom. The predicted molar refractivity (Wildman–Crippen MR) is 99.2 cm³/mol. The molecule has 2 aromatic carbocycles. The Morgan fingerprint density at radius 2 is 1.90 bits per heavy atom. The monoisotopic (exact) mass is 446 g/mol. The second-order valence-corrected chi connectivity index (χ2v) is 6.23. The van der Waals surface area contributed by atoms with E-state index in [1.54, 1.807) is 12.1 Å². The van der Waals surface area contributed by atoms with Gasteiger partial charge < -0.3 is 14.8 Å². The van der Waals surface area contributed by atoms with Gasteiger partial charge in [-0.2, -0.15) is 13.2 Å². The topological polar surface area (TPSA) is 108 Å². The van der Waals surface area contributed by atoms with E-state index in [1.807, 2.05) is 5.32 Å². The molecular weight excluding hydrogens is 433 g/mol. The summed E-state index contributed by atoms with van der Waals surface area (Å²) in [6.07, 6.45) is -6.43. The Kier molecular flexibility index (Phi) is 7.22. The number of anilines is 1. The highest BCUT2D eigenvalue weighted by Crippen LogP contribution is 2.37. The van der Waals surface area contributed by atoms with Gasteiger partial charge in [0.15, 0.2) is 12.7 Å². The second-order valence-electron chi connectivity index (χ2n) is 5.83. The molecule has 1 amide bonds. The van der Waals surface area contributed by atoms with E-state index in [1.165, 1.54) is 12.1 Å². The van der Waals surface area contributed by atoms with Gasteiger partial charge in [-0.25, -0.2) is 4.79 Å². The van der Waals surface area contributed by atoms with Gasteiger partial charge in [-0.05, 0) is 25.1 Å². The summed E-state index contributed by atoms with van der Waals surface area (Å²) in [5.74, 6) is -1.83. The quantitative estimate of drug-likeness (QED) is 0.387. The minimum Gasteiger partial charge on any atom is -0.480 e. The highest BCUT2D eigenvalue weighted by Gasteiger charge is 2.36. The third kappa shape index (κ3) is 6.08.